The monoisotopic (exact) mass is 296 g/mol. The molecule has 1 aromatic heterocycles. The molecule has 0 aliphatic rings. The Balaban J connectivity index is 2.66. The Morgan fingerprint density at radius 3 is 1.95 bits per heavy atom. The fraction of sp³-hybridized carbons (Fsp3) is 0. The van der Waals surface area contributed by atoms with Gasteiger partial charge in [-0.2, -0.15) is 5.21 Å². The molecule has 2 N–H and O–H groups in total. The zero-order valence-electron chi connectivity index (χ0n) is 9.79. The van der Waals surface area contributed by atoms with Crippen molar-refractivity contribution in [3.8, 4) is 0 Å². The van der Waals surface area contributed by atoms with Gasteiger partial charge in [-0.15, -0.1) is 5.10 Å². The lowest BCUT2D eigenvalue weighted by molar-refractivity contribution is -0.401. The first-order valence-electron chi connectivity index (χ1n) is 5.02. The largest absolute Gasteiger partial charge is 0.310 e. The number of aromatic nitrogens is 4. The molecule has 0 amide bonds. The van der Waals surface area contributed by atoms with Gasteiger partial charge in [-0.25, -0.2) is 0 Å². The van der Waals surface area contributed by atoms with Crippen molar-refractivity contribution in [1.29, 1.82) is 0 Å². The molecule has 0 bridgehead atoms. The maximum absolute atomic E-state index is 11.0. The Bertz CT molecular complexity index is 692. The Labute approximate surface area is 113 Å². The molecular weight excluding hydrogens is 292 g/mol. The topological polar surface area (TPSA) is 196 Å². The van der Waals surface area contributed by atoms with Gasteiger partial charge in [0.15, 0.2) is 5.69 Å². The number of benzene rings is 1. The van der Waals surface area contributed by atoms with Gasteiger partial charge in [-0.1, -0.05) is 5.10 Å². The van der Waals surface area contributed by atoms with Crippen LogP contribution in [0.5, 0.6) is 0 Å². The number of rotatable bonds is 5. The summed E-state index contributed by atoms with van der Waals surface area (Å²) in [5.41, 5.74) is -3.09. The maximum atomic E-state index is 11.0. The van der Waals surface area contributed by atoms with Crippen LogP contribution in [-0.4, -0.2) is 35.4 Å². The van der Waals surface area contributed by atoms with Crippen LogP contribution in [-0.2, 0) is 0 Å². The highest BCUT2D eigenvalue weighted by atomic mass is 16.6. The van der Waals surface area contributed by atoms with Gasteiger partial charge in [0.1, 0.15) is 0 Å². The third-order valence-electron chi connectivity index (χ3n) is 2.27. The second kappa shape index (κ2) is 5.11. The van der Waals surface area contributed by atoms with Crippen molar-refractivity contribution < 1.29 is 14.8 Å². The first kappa shape index (κ1) is 13.7. The lowest BCUT2D eigenvalue weighted by Crippen LogP contribution is -2.04. The molecule has 0 spiro atoms. The number of hydrogen-bond donors (Lipinski definition) is 2. The molecule has 0 saturated heterocycles. The highest BCUT2D eigenvalue weighted by Crippen LogP contribution is 2.39. The minimum Gasteiger partial charge on any atom is -0.310 e. The van der Waals surface area contributed by atoms with Crippen LogP contribution >= 0.6 is 0 Å². The van der Waals surface area contributed by atoms with E-state index in [0.29, 0.717) is 12.1 Å². The van der Waals surface area contributed by atoms with Gasteiger partial charge >= 0.3 is 11.4 Å². The van der Waals surface area contributed by atoms with Crippen molar-refractivity contribution in [2.75, 3.05) is 5.32 Å². The first-order chi connectivity index (χ1) is 9.90. The molecule has 0 aliphatic carbocycles. The Hall–Kier alpha value is -3.71. The molecule has 0 atom stereocenters. The molecule has 14 heteroatoms. The smallest absolute Gasteiger partial charge is 0.306 e. The molecule has 2 aromatic rings. The summed E-state index contributed by atoms with van der Waals surface area (Å²) in [6.45, 7) is 0. The molecule has 0 radical (unpaired) electrons. The predicted octanol–water partition coefficient (Wildman–Crippen LogP) is 0.668. The van der Waals surface area contributed by atoms with E-state index < -0.39 is 37.5 Å². The number of nitrogens with zero attached hydrogens (tertiary/aromatic N) is 6. The summed E-state index contributed by atoms with van der Waals surface area (Å²) >= 11 is 0. The summed E-state index contributed by atoms with van der Waals surface area (Å²) in [5, 5.41) is 46.9. The third kappa shape index (κ3) is 2.67. The second-order valence-electron chi connectivity index (χ2n) is 3.49. The highest BCUT2D eigenvalue weighted by molar-refractivity contribution is 5.79. The van der Waals surface area contributed by atoms with Crippen molar-refractivity contribution in [3.63, 3.8) is 0 Å². The minimum absolute atomic E-state index is 0.268. The molecule has 1 aromatic carbocycles. The van der Waals surface area contributed by atoms with Crippen molar-refractivity contribution in [1.82, 2.24) is 20.6 Å². The molecule has 1 heterocycles. The molecule has 21 heavy (non-hydrogen) atoms. The number of hydrogen-bond acceptors (Lipinski definition) is 10. The third-order valence-corrected chi connectivity index (χ3v) is 2.27. The summed E-state index contributed by atoms with van der Waals surface area (Å²) in [4.78, 5) is 29.6. The molecule has 0 aliphatic heterocycles. The second-order valence-corrected chi connectivity index (χ2v) is 3.49. The molecule has 0 unspecified atom stereocenters. The van der Waals surface area contributed by atoms with Gasteiger partial charge < -0.3 is 5.32 Å². The Morgan fingerprint density at radius 1 is 1.00 bits per heavy atom. The summed E-state index contributed by atoms with van der Waals surface area (Å²) in [7, 11) is 0. The maximum Gasteiger partial charge on any atom is 0.306 e. The fourth-order valence-corrected chi connectivity index (χ4v) is 1.45. The Kier molecular flexibility index (Phi) is 3.34. The summed E-state index contributed by atoms with van der Waals surface area (Å²) in [5.74, 6) is -0.268. The van der Waals surface area contributed by atoms with Crippen LogP contribution in [0.2, 0.25) is 0 Å². The average molecular weight is 296 g/mol. The van der Waals surface area contributed by atoms with Crippen LogP contribution < -0.4 is 5.32 Å². The number of non-ortho nitro benzene ring substituents is 1. The van der Waals surface area contributed by atoms with E-state index in [1.165, 1.54) is 0 Å². The number of H-pyrrole nitrogens is 1. The molecule has 0 fully saturated rings. The van der Waals surface area contributed by atoms with E-state index in [9.17, 15) is 30.3 Å². The van der Waals surface area contributed by atoms with Crippen molar-refractivity contribution >= 4 is 28.7 Å². The van der Waals surface area contributed by atoms with Gasteiger partial charge in [-0.3, -0.25) is 30.3 Å². The molecule has 14 nitrogen and oxygen atoms in total. The SMILES string of the molecule is O=[N+]([O-])c1cc([N+](=O)[O-])c(Nc2nn[nH]n2)c([N+](=O)[O-])c1. The molecule has 0 saturated carbocycles. The summed E-state index contributed by atoms with van der Waals surface area (Å²) in [6.07, 6.45) is 0. The lowest BCUT2D eigenvalue weighted by Gasteiger charge is -2.04. The Morgan fingerprint density at radius 2 is 1.57 bits per heavy atom. The van der Waals surface area contributed by atoms with Crippen LogP contribution in [0.25, 0.3) is 0 Å². The normalized spacial score (nSPS) is 10.1. The van der Waals surface area contributed by atoms with Gasteiger partial charge in [0.2, 0.25) is 0 Å². The van der Waals surface area contributed by atoms with E-state index in [0.717, 1.165) is 0 Å². The van der Waals surface area contributed by atoms with E-state index in [4.69, 9.17) is 0 Å². The van der Waals surface area contributed by atoms with Gasteiger partial charge in [0.05, 0.1) is 26.9 Å². The van der Waals surface area contributed by atoms with E-state index >= 15 is 0 Å². The zero-order chi connectivity index (χ0) is 15.6. The summed E-state index contributed by atoms with van der Waals surface area (Å²) in [6, 6.07) is 1.19. The van der Waals surface area contributed by atoms with E-state index in [1.807, 2.05) is 0 Å². The number of nitro benzene ring substituents is 3. The van der Waals surface area contributed by atoms with Gasteiger partial charge in [-0.05, 0) is 5.21 Å². The standard InChI is InChI=1S/C7H4N8O6/c16-13(17)3-1-4(14(18)19)6(5(2-3)15(20)21)8-7-9-11-12-10-7/h1-2H,(H2,8,9,10,11,12). The number of aromatic amines is 1. The van der Waals surface area contributed by atoms with Crippen molar-refractivity contribution in [2.45, 2.75) is 0 Å². The molecule has 2 rings (SSSR count). The number of nitrogens with one attached hydrogen (secondary N) is 2. The highest BCUT2D eigenvalue weighted by Gasteiger charge is 2.31. The average Bonchev–Trinajstić information content (AvgIpc) is 2.90. The zero-order valence-corrected chi connectivity index (χ0v) is 9.79. The fourth-order valence-electron chi connectivity index (χ4n) is 1.45. The van der Waals surface area contributed by atoms with Crippen LogP contribution in [0.15, 0.2) is 12.1 Å². The first-order valence-corrected chi connectivity index (χ1v) is 5.02. The van der Waals surface area contributed by atoms with Crippen molar-refractivity contribution in [3.05, 3.63) is 42.5 Å². The lowest BCUT2D eigenvalue weighted by atomic mass is 10.2. The van der Waals surface area contributed by atoms with E-state index in [2.05, 4.69) is 25.9 Å². The van der Waals surface area contributed by atoms with Crippen LogP contribution in [0.3, 0.4) is 0 Å². The van der Waals surface area contributed by atoms with E-state index in [1.54, 1.807) is 0 Å². The number of nitro groups is 3. The number of tetrazole rings is 1. The molecular formula is C7H4N8O6. The van der Waals surface area contributed by atoms with Crippen LogP contribution in [0, 0.1) is 30.3 Å². The quantitative estimate of drug-likeness (QED) is 0.583. The van der Waals surface area contributed by atoms with Gasteiger partial charge in [0, 0.05) is 0 Å². The molecule has 108 valence electrons. The minimum atomic E-state index is -0.998. The van der Waals surface area contributed by atoms with E-state index in [-0.39, 0.29) is 5.95 Å². The predicted molar refractivity (Wildman–Crippen MR) is 63.9 cm³/mol. The van der Waals surface area contributed by atoms with Crippen LogP contribution in [0.4, 0.5) is 28.7 Å². The summed E-state index contributed by atoms with van der Waals surface area (Å²) < 4.78 is 0. The van der Waals surface area contributed by atoms with Crippen molar-refractivity contribution in [2.24, 2.45) is 0 Å². The number of anilines is 2. The van der Waals surface area contributed by atoms with Crippen LogP contribution in [0.1, 0.15) is 0 Å². The van der Waals surface area contributed by atoms with Gasteiger partial charge in [0.25, 0.3) is 11.6 Å².